The molecule has 0 radical (unpaired) electrons. The number of amides is 1. The van der Waals surface area contributed by atoms with Gasteiger partial charge in [-0.1, -0.05) is 250 Å². The van der Waals surface area contributed by atoms with E-state index in [9.17, 15) is 20.1 Å². The topological polar surface area (TPSA) is 89.8 Å². The van der Waals surface area contributed by atoms with E-state index in [1.807, 2.05) is 0 Å². The molecule has 0 aromatic heterocycles. The number of hydrogen-bond acceptors (Lipinski definition) is 4. The van der Waals surface area contributed by atoms with E-state index in [4.69, 9.17) is 0 Å². The lowest BCUT2D eigenvalue weighted by Crippen LogP contribution is -2.50. The summed E-state index contributed by atoms with van der Waals surface area (Å²) in [6.45, 7) is 4.19. The van der Waals surface area contributed by atoms with Crippen LogP contribution in [0.4, 0.5) is 0 Å². The number of carbonyl (C=O) groups excluding carboxylic acids is 1. The molecule has 0 saturated heterocycles. The summed E-state index contributed by atoms with van der Waals surface area (Å²) in [5, 5.41) is 33.6. The zero-order valence-corrected chi connectivity index (χ0v) is 39.2. The Labute approximate surface area is 362 Å². The van der Waals surface area contributed by atoms with Crippen molar-refractivity contribution < 1.29 is 20.1 Å². The van der Waals surface area contributed by atoms with Gasteiger partial charge in [0, 0.05) is 6.42 Å². The molecule has 0 saturated carbocycles. The van der Waals surface area contributed by atoms with Crippen LogP contribution in [0.15, 0.2) is 24.3 Å². The molecule has 344 valence electrons. The van der Waals surface area contributed by atoms with Crippen LogP contribution in [0.1, 0.15) is 284 Å². The van der Waals surface area contributed by atoms with E-state index in [-0.39, 0.29) is 12.5 Å². The fraction of sp³-hybridized carbons (Fsp3) is 0.906. The average Bonchev–Trinajstić information content (AvgIpc) is 3.23. The molecule has 0 spiro atoms. The Balaban J connectivity index is 3.58. The van der Waals surface area contributed by atoms with Crippen molar-refractivity contribution in [2.24, 2.45) is 0 Å². The van der Waals surface area contributed by atoms with Crippen LogP contribution in [-0.4, -0.2) is 46.1 Å². The number of allylic oxidation sites excluding steroid dienone is 4. The number of carbonyl (C=O) groups is 1. The Morgan fingerprint density at radius 1 is 0.414 bits per heavy atom. The monoisotopic (exact) mass is 818 g/mol. The van der Waals surface area contributed by atoms with E-state index in [0.29, 0.717) is 12.8 Å². The number of rotatable bonds is 48. The highest BCUT2D eigenvalue weighted by Gasteiger charge is 2.26. The summed E-state index contributed by atoms with van der Waals surface area (Å²) in [6.07, 6.45) is 60.3. The van der Waals surface area contributed by atoms with Gasteiger partial charge >= 0.3 is 0 Å². The molecule has 0 aliphatic heterocycles. The third-order valence-corrected chi connectivity index (χ3v) is 12.3. The minimum absolute atomic E-state index is 0.153. The maximum atomic E-state index is 12.5. The minimum Gasteiger partial charge on any atom is -0.394 e. The lowest BCUT2D eigenvalue weighted by molar-refractivity contribution is -0.124. The second-order valence-corrected chi connectivity index (χ2v) is 18.1. The molecule has 58 heavy (non-hydrogen) atoms. The van der Waals surface area contributed by atoms with Gasteiger partial charge in [0.2, 0.25) is 5.91 Å². The summed E-state index contributed by atoms with van der Waals surface area (Å²) >= 11 is 0. The Kier molecular flexibility index (Phi) is 47.5. The largest absolute Gasteiger partial charge is 0.394 e. The van der Waals surface area contributed by atoms with Crippen LogP contribution in [0.25, 0.3) is 0 Å². The first-order valence-corrected chi connectivity index (χ1v) is 26.1. The number of aliphatic hydroxyl groups is 3. The van der Waals surface area contributed by atoms with Crippen molar-refractivity contribution in [1.29, 1.82) is 0 Å². The van der Waals surface area contributed by atoms with Gasteiger partial charge in [-0.2, -0.15) is 0 Å². The van der Waals surface area contributed by atoms with Crippen LogP contribution < -0.4 is 5.32 Å². The highest BCUT2D eigenvalue weighted by Crippen LogP contribution is 2.17. The highest BCUT2D eigenvalue weighted by atomic mass is 16.3. The quantitative estimate of drug-likeness (QED) is 0.0364. The van der Waals surface area contributed by atoms with Crippen molar-refractivity contribution in [1.82, 2.24) is 5.32 Å². The van der Waals surface area contributed by atoms with Crippen LogP contribution in [0.3, 0.4) is 0 Å². The number of nitrogens with one attached hydrogen (secondary N) is 1. The fourth-order valence-electron chi connectivity index (χ4n) is 8.24. The second-order valence-electron chi connectivity index (χ2n) is 18.1. The van der Waals surface area contributed by atoms with Crippen LogP contribution in [0.5, 0.6) is 0 Å². The van der Waals surface area contributed by atoms with Gasteiger partial charge in [-0.15, -0.1) is 0 Å². The summed E-state index contributed by atoms with van der Waals surface area (Å²) in [4.78, 5) is 12.5. The first-order chi connectivity index (χ1) is 28.6. The van der Waals surface area contributed by atoms with Crippen LogP contribution in [0.2, 0.25) is 0 Å². The molecule has 0 aliphatic carbocycles. The van der Waals surface area contributed by atoms with Crippen LogP contribution in [-0.2, 0) is 4.79 Å². The van der Waals surface area contributed by atoms with Crippen molar-refractivity contribution in [2.45, 2.75) is 302 Å². The van der Waals surface area contributed by atoms with Gasteiger partial charge in [-0.25, -0.2) is 0 Å². The van der Waals surface area contributed by atoms with Gasteiger partial charge in [-0.3, -0.25) is 4.79 Å². The van der Waals surface area contributed by atoms with E-state index in [0.717, 1.165) is 44.9 Å². The Morgan fingerprint density at radius 2 is 0.707 bits per heavy atom. The molecular formula is C53H103NO4. The molecule has 3 atom stereocenters. The van der Waals surface area contributed by atoms with Crippen molar-refractivity contribution >= 4 is 5.91 Å². The zero-order valence-electron chi connectivity index (χ0n) is 39.2. The van der Waals surface area contributed by atoms with Gasteiger partial charge in [0.25, 0.3) is 0 Å². The first kappa shape index (κ1) is 56.8. The van der Waals surface area contributed by atoms with Gasteiger partial charge in [0.1, 0.15) is 6.10 Å². The summed E-state index contributed by atoms with van der Waals surface area (Å²) in [6, 6.07) is -0.829. The standard InChI is InChI=1S/C53H103NO4/c1-3-5-7-9-11-13-15-17-19-21-23-24-25-26-27-28-30-32-34-36-38-40-42-44-46-48-52(57)54-50(49-55)53(58)51(56)47-45-43-41-39-37-35-33-31-29-22-20-18-16-14-12-10-8-6-4-2/h31,33,39,41,50-51,53,55-56,58H,3-30,32,34-38,40,42-49H2,1-2H3,(H,54,57)/b33-31+,41-39+. The molecular weight excluding hydrogens is 715 g/mol. The third-order valence-electron chi connectivity index (χ3n) is 12.3. The highest BCUT2D eigenvalue weighted by molar-refractivity contribution is 5.76. The predicted octanol–water partition coefficient (Wildman–Crippen LogP) is 15.7. The molecule has 1 amide bonds. The maximum Gasteiger partial charge on any atom is 0.220 e. The minimum atomic E-state index is -1.16. The Bertz CT molecular complexity index is 859. The van der Waals surface area contributed by atoms with Gasteiger partial charge in [-0.05, 0) is 51.4 Å². The molecule has 0 aromatic carbocycles. The van der Waals surface area contributed by atoms with Gasteiger partial charge in [0.15, 0.2) is 0 Å². The normalized spacial score (nSPS) is 13.5. The van der Waals surface area contributed by atoms with E-state index >= 15 is 0 Å². The number of unbranched alkanes of at least 4 members (excludes halogenated alkanes) is 36. The van der Waals surface area contributed by atoms with Crippen LogP contribution in [0, 0.1) is 0 Å². The predicted molar refractivity (Wildman–Crippen MR) is 255 cm³/mol. The lowest BCUT2D eigenvalue weighted by Gasteiger charge is -2.26. The molecule has 0 rings (SSSR count). The summed E-state index contributed by atoms with van der Waals surface area (Å²) < 4.78 is 0. The van der Waals surface area contributed by atoms with Gasteiger partial charge in [0.05, 0.1) is 18.8 Å². The molecule has 5 nitrogen and oxygen atoms in total. The number of aliphatic hydroxyl groups excluding tert-OH is 3. The first-order valence-electron chi connectivity index (χ1n) is 26.1. The van der Waals surface area contributed by atoms with Crippen molar-refractivity contribution in [3.63, 3.8) is 0 Å². The smallest absolute Gasteiger partial charge is 0.220 e. The van der Waals surface area contributed by atoms with E-state index in [1.165, 1.54) is 212 Å². The van der Waals surface area contributed by atoms with E-state index < -0.39 is 18.2 Å². The van der Waals surface area contributed by atoms with Crippen molar-refractivity contribution in [3.05, 3.63) is 24.3 Å². The molecule has 0 heterocycles. The molecule has 4 N–H and O–H groups in total. The van der Waals surface area contributed by atoms with Crippen LogP contribution >= 0.6 is 0 Å². The summed E-state index contributed by atoms with van der Waals surface area (Å²) in [5.41, 5.74) is 0. The van der Waals surface area contributed by atoms with E-state index in [2.05, 4.69) is 43.5 Å². The van der Waals surface area contributed by atoms with Gasteiger partial charge < -0.3 is 20.6 Å². The van der Waals surface area contributed by atoms with Crippen molar-refractivity contribution in [2.75, 3.05) is 6.61 Å². The number of hydrogen-bond donors (Lipinski definition) is 4. The SMILES string of the molecule is CCCCCCCCCCCC/C=C/CC/C=C/CCCC(O)C(O)C(CO)NC(=O)CCCCCCCCCCCCCCCCCCCCCCCCCCC. The fourth-order valence-corrected chi connectivity index (χ4v) is 8.24. The molecule has 0 bridgehead atoms. The summed E-state index contributed by atoms with van der Waals surface area (Å²) in [5.74, 6) is -0.153. The molecule has 0 aromatic rings. The van der Waals surface area contributed by atoms with Crippen molar-refractivity contribution in [3.8, 4) is 0 Å². The molecule has 5 heteroatoms. The van der Waals surface area contributed by atoms with E-state index in [1.54, 1.807) is 0 Å². The lowest BCUT2D eigenvalue weighted by atomic mass is 10.0. The Morgan fingerprint density at radius 3 is 1.05 bits per heavy atom. The molecule has 3 unspecified atom stereocenters. The zero-order chi connectivity index (χ0) is 42.3. The summed E-state index contributed by atoms with van der Waals surface area (Å²) in [7, 11) is 0. The molecule has 0 fully saturated rings. The maximum absolute atomic E-state index is 12.5. The molecule has 0 aliphatic rings. The second kappa shape index (κ2) is 48.5. The third kappa shape index (κ3) is 42.9. The Hall–Kier alpha value is -1.17. The average molecular weight is 818 g/mol.